The number of hydrogen-bond acceptors (Lipinski definition) is 4. The topological polar surface area (TPSA) is 52.1 Å². The zero-order valence-electron chi connectivity index (χ0n) is 15.8. The first-order valence-electron chi connectivity index (χ1n) is 8.97. The summed E-state index contributed by atoms with van der Waals surface area (Å²) in [5.41, 5.74) is 0. The summed E-state index contributed by atoms with van der Waals surface area (Å²) in [5, 5.41) is 6.72. The molecule has 0 spiro atoms. The summed E-state index contributed by atoms with van der Waals surface area (Å²) in [6, 6.07) is 0.518. The molecule has 0 saturated carbocycles. The minimum absolute atomic E-state index is 0.518. The first kappa shape index (κ1) is 20.2. The van der Waals surface area contributed by atoms with E-state index in [0.717, 1.165) is 64.9 Å². The molecule has 1 saturated heterocycles. The summed E-state index contributed by atoms with van der Waals surface area (Å²) in [7, 11) is 4.00. The summed E-state index contributed by atoms with van der Waals surface area (Å²) in [4.78, 5) is 9.20. The van der Waals surface area contributed by atoms with Gasteiger partial charge in [0.2, 0.25) is 0 Å². The number of hydrogen-bond donors (Lipinski definition) is 2. The van der Waals surface area contributed by atoms with Gasteiger partial charge in [-0.3, -0.25) is 9.89 Å². The highest BCUT2D eigenvalue weighted by molar-refractivity contribution is 5.79. The Morgan fingerprint density at radius 2 is 1.78 bits per heavy atom. The molecule has 1 aliphatic rings. The van der Waals surface area contributed by atoms with E-state index in [1.165, 1.54) is 0 Å². The van der Waals surface area contributed by atoms with Gasteiger partial charge < -0.3 is 20.3 Å². The van der Waals surface area contributed by atoms with Gasteiger partial charge in [-0.25, -0.2) is 0 Å². The summed E-state index contributed by atoms with van der Waals surface area (Å²) < 4.78 is 5.61. The fourth-order valence-corrected chi connectivity index (χ4v) is 2.52. The summed E-state index contributed by atoms with van der Waals surface area (Å²) in [6.07, 6.45) is 1.12. The van der Waals surface area contributed by atoms with Crippen molar-refractivity contribution in [3.05, 3.63) is 0 Å². The molecular weight excluding hydrogens is 290 g/mol. The van der Waals surface area contributed by atoms with Crippen LogP contribution >= 0.6 is 0 Å². The highest BCUT2D eigenvalue weighted by Crippen LogP contribution is 2.03. The lowest BCUT2D eigenvalue weighted by molar-refractivity contribution is 0.119. The Morgan fingerprint density at radius 1 is 1.09 bits per heavy atom. The van der Waals surface area contributed by atoms with Gasteiger partial charge in [0.25, 0.3) is 0 Å². The second-order valence-corrected chi connectivity index (χ2v) is 6.86. The van der Waals surface area contributed by atoms with Crippen molar-refractivity contribution in [2.75, 3.05) is 66.6 Å². The van der Waals surface area contributed by atoms with Gasteiger partial charge >= 0.3 is 0 Å². The minimum Gasteiger partial charge on any atom is -0.380 e. The van der Waals surface area contributed by atoms with Crippen LogP contribution in [0.15, 0.2) is 4.99 Å². The quantitative estimate of drug-likeness (QED) is 0.374. The maximum Gasteiger partial charge on any atom is 0.191 e. The van der Waals surface area contributed by atoms with Crippen molar-refractivity contribution in [1.82, 2.24) is 20.4 Å². The summed E-state index contributed by atoms with van der Waals surface area (Å²) in [5.74, 6) is 1.56. The molecule has 0 aliphatic carbocycles. The van der Waals surface area contributed by atoms with Gasteiger partial charge in [0, 0.05) is 59.0 Å². The van der Waals surface area contributed by atoms with E-state index in [-0.39, 0.29) is 0 Å². The van der Waals surface area contributed by atoms with E-state index in [4.69, 9.17) is 4.74 Å². The van der Waals surface area contributed by atoms with Crippen LogP contribution in [-0.2, 0) is 4.74 Å². The molecule has 1 unspecified atom stereocenters. The number of nitrogens with one attached hydrogen (secondary N) is 2. The van der Waals surface area contributed by atoms with Crippen LogP contribution in [0.5, 0.6) is 0 Å². The number of ether oxygens (including phenoxy) is 1. The normalized spacial score (nSPS) is 19.1. The fourth-order valence-electron chi connectivity index (χ4n) is 2.52. The minimum atomic E-state index is 0.518. The van der Waals surface area contributed by atoms with Gasteiger partial charge in [-0.1, -0.05) is 13.8 Å². The Bertz CT molecular complexity index is 327. The molecule has 23 heavy (non-hydrogen) atoms. The van der Waals surface area contributed by atoms with Crippen LogP contribution in [0.4, 0.5) is 0 Å². The molecule has 1 rings (SSSR count). The number of rotatable bonds is 9. The molecule has 1 heterocycles. The van der Waals surface area contributed by atoms with Gasteiger partial charge in [-0.2, -0.15) is 0 Å². The molecule has 0 radical (unpaired) electrons. The Morgan fingerprint density at radius 3 is 2.39 bits per heavy atom. The van der Waals surface area contributed by atoms with E-state index in [9.17, 15) is 0 Å². The van der Waals surface area contributed by atoms with Gasteiger partial charge in [-0.15, -0.1) is 0 Å². The van der Waals surface area contributed by atoms with Crippen LogP contribution < -0.4 is 10.6 Å². The van der Waals surface area contributed by atoms with E-state index in [0.29, 0.717) is 12.0 Å². The van der Waals surface area contributed by atoms with E-state index in [1.807, 2.05) is 7.05 Å². The van der Waals surface area contributed by atoms with Gasteiger partial charge in [0.1, 0.15) is 0 Å². The van der Waals surface area contributed by atoms with Crippen LogP contribution in [0.2, 0.25) is 0 Å². The van der Waals surface area contributed by atoms with Crippen molar-refractivity contribution < 1.29 is 4.74 Å². The van der Waals surface area contributed by atoms with Crippen LogP contribution in [0.3, 0.4) is 0 Å². The fraction of sp³-hybridized carbons (Fsp3) is 0.941. The number of piperazine rings is 1. The number of nitrogens with zero attached hydrogens (tertiary/aromatic N) is 3. The average Bonchev–Trinajstić information content (AvgIpc) is 2.53. The molecule has 136 valence electrons. The number of guanidine groups is 1. The number of likely N-dealkylation sites (N-methyl/N-ethyl adjacent to an activating group) is 1. The lowest BCUT2D eigenvalue weighted by Crippen LogP contribution is -2.52. The van der Waals surface area contributed by atoms with Crippen molar-refractivity contribution >= 4 is 5.96 Å². The summed E-state index contributed by atoms with van der Waals surface area (Å²) in [6.45, 7) is 14.6. The first-order valence-corrected chi connectivity index (χ1v) is 8.97. The molecule has 1 atom stereocenters. The van der Waals surface area contributed by atoms with E-state index in [1.54, 1.807) is 0 Å². The first-order chi connectivity index (χ1) is 11.0. The highest BCUT2D eigenvalue weighted by atomic mass is 16.5. The van der Waals surface area contributed by atoms with Crippen LogP contribution in [0.25, 0.3) is 0 Å². The molecule has 2 N–H and O–H groups in total. The van der Waals surface area contributed by atoms with Crippen LogP contribution in [0, 0.1) is 5.92 Å². The largest absolute Gasteiger partial charge is 0.380 e. The Hall–Kier alpha value is -0.850. The molecule has 6 nitrogen and oxygen atoms in total. The molecule has 0 aromatic carbocycles. The molecule has 0 aromatic heterocycles. The maximum atomic E-state index is 5.61. The third kappa shape index (κ3) is 9.13. The Kier molecular flexibility index (Phi) is 10.2. The van der Waals surface area contributed by atoms with Gasteiger partial charge in [0.15, 0.2) is 5.96 Å². The van der Waals surface area contributed by atoms with Crippen molar-refractivity contribution in [1.29, 1.82) is 0 Å². The van der Waals surface area contributed by atoms with Crippen molar-refractivity contribution in [3.8, 4) is 0 Å². The standard InChI is InChI=1S/C17H37N5O/c1-15(2)6-12-23-13-7-19-17(18-4)20-14-16(3)22-10-8-21(5)9-11-22/h15-16H,6-14H2,1-5H3,(H2,18,19,20). The van der Waals surface area contributed by atoms with E-state index in [2.05, 4.69) is 53.2 Å². The van der Waals surface area contributed by atoms with Crippen molar-refractivity contribution in [2.45, 2.75) is 33.2 Å². The van der Waals surface area contributed by atoms with Gasteiger partial charge in [-0.05, 0) is 26.3 Å². The summed E-state index contributed by atoms with van der Waals surface area (Å²) >= 11 is 0. The maximum absolute atomic E-state index is 5.61. The van der Waals surface area contributed by atoms with Crippen molar-refractivity contribution in [2.24, 2.45) is 10.9 Å². The Labute approximate surface area is 142 Å². The molecule has 0 bridgehead atoms. The number of aliphatic imine (C=N–C) groups is 1. The molecule has 1 fully saturated rings. The molecular formula is C17H37N5O. The smallest absolute Gasteiger partial charge is 0.191 e. The van der Waals surface area contributed by atoms with Crippen molar-refractivity contribution in [3.63, 3.8) is 0 Å². The molecule has 6 heteroatoms. The zero-order valence-corrected chi connectivity index (χ0v) is 15.8. The Balaban J connectivity index is 2.11. The molecule has 1 aliphatic heterocycles. The van der Waals surface area contributed by atoms with Crippen LogP contribution in [0.1, 0.15) is 27.2 Å². The zero-order chi connectivity index (χ0) is 17.1. The van der Waals surface area contributed by atoms with E-state index < -0.39 is 0 Å². The second kappa shape index (κ2) is 11.6. The monoisotopic (exact) mass is 327 g/mol. The van der Waals surface area contributed by atoms with Crippen LogP contribution in [-0.4, -0.2) is 88.4 Å². The third-order valence-electron chi connectivity index (χ3n) is 4.33. The lowest BCUT2D eigenvalue weighted by atomic mass is 10.1. The van der Waals surface area contributed by atoms with E-state index >= 15 is 0 Å². The predicted molar refractivity (Wildman–Crippen MR) is 98.2 cm³/mol. The third-order valence-corrected chi connectivity index (χ3v) is 4.33. The molecule has 0 aromatic rings. The highest BCUT2D eigenvalue weighted by Gasteiger charge is 2.18. The average molecular weight is 328 g/mol. The van der Waals surface area contributed by atoms with Gasteiger partial charge in [0.05, 0.1) is 6.61 Å². The SMILES string of the molecule is CN=C(NCCOCCC(C)C)NCC(C)N1CCN(C)CC1. The lowest BCUT2D eigenvalue weighted by Gasteiger charge is -2.36. The predicted octanol–water partition coefficient (Wildman–Crippen LogP) is 0.850. The molecule has 0 amide bonds. The second-order valence-electron chi connectivity index (χ2n) is 6.86.